The summed E-state index contributed by atoms with van der Waals surface area (Å²) in [6.45, 7) is 9.73. The molecule has 0 aromatic heterocycles. The molecular formula is C14H20O2. The van der Waals surface area contributed by atoms with Crippen LogP contribution in [0.1, 0.15) is 43.6 Å². The van der Waals surface area contributed by atoms with E-state index in [9.17, 15) is 4.79 Å². The quantitative estimate of drug-likeness (QED) is 0.724. The number of aryl methyl sites for hydroxylation is 1. The second-order valence-corrected chi connectivity index (χ2v) is 4.69. The minimum atomic E-state index is -0.00258. The zero-order valence-electron chi connectivity index (χ0n) is 10.7. The van der Waals surface area contributed by atoms with E-state index in [1.54, 1.807) is 0 Å². The van der Waals surface area contributed by atoms with Gasteiger partial charge >= 0.3 is 0 Å². The van der Waals surface area contributed by atoms with Gasteiger partial charge in [-0.05, 0) is 38.5 Å². The Balaban J connectivity index is 3.12. The van der Waals surface area contributed by atoms with Crippen molar-refractivity contribution >= 4 is 5.78 Å². The molecule has 2 heteroatoms. The van der Waals surface area contributed by atoms with Crippen molar-refractivity contribution in [3.05, 3.63) is 29.3 Å². The van der Waals surface area contributed by atoms with Crippen molar-refractivity contribution in [2.75, 3.05) is 0 Å². The first kappa shape index (κ1) is 12.8. The van der Waals surface area contributed by atoms with E-state index in [-0.39, 0.29) is 17.8 Å². The number of carbonyl (C=O) groups excluding carboxylic acids is 1. The molecule has 0 fully saturated rings. The first-order valence-corrected chi connectivity index (χ1v) is 5.73. The Bertz CT molecular complexity index is 378. The second-order valence-electron chi connectivity index (χ2n) is 4.69. The van der Waals surface area contributed by atoms with Gasteiger partial charge in [-0.25, -0.2) is 0 Å². The van der Waals surface area contributed by atoms with E-state index in [2.05, 4.69) is 0 Å². The molecule has 1 aromatic carbocycles. The SMILES string of the molecule is Cc1ccc(C(=O)C(C)C)c(OC(C)C)c1. The van der Waals surface area contributed by atoms with Gasteiger partial charge in [0, 0.05) is 5.92 Å². The predicted octanol–water partition coefficient (Wildman–Crippen LogP) is 3.62. The molecule has 0 saturated carbocycles. The van der Waals surface area contributed by atoms with Crippen LogP contribution in [0.15, 0.2) is 18.2 Å². The molecule has 88 valence electrons. The lowest BCUT2D eigenvalue weighted by Crippen LogP contribution is -2.13. The summed E-state index contributed by atoms with van der Waals surface area (Å²) in [4.78, 5) is 12.0. The topological polar surface area (TPSA) is 26.3 Å². The maximum atomic E-state index is 12.0. The van der Waals surface area contributed by atoms with Crippen molar-refractivity contribution in [2.45, 2.75) is 40.7 Å². The van der Waals surface area contributed by atoms with E-state index in [1.165, 1.54) is 0 Å². The molecule has 0 saturated heterocycles. The molecule has 16 heavy (non-hydrogen) atoms. The summed E-state index contributed by atoms with van der Waals surface area (Å²) in [6.07, 6.45) is 0.0838. The Labute approximate surface area is 97.6 Å². The fourth-order valence-corrected chi connectivity index (χ4v) is 1.50. The molecule has 0 unspecified atom stereocenters. The number of rotatable bonds is 4. The van der Waals surface area contributed by atoms with Crippen LogP contribution in [0.2, 0.25) is 0 Å². The third kappa shape index (κ3) is 3.09. The highest BCUT2D eigenvalue weighted by Gasteiger charge is 2.16. The van der Waals surface area contributed by atoms with Crippen LogP contribution in [0.4, 0.5) is 0 Å². The normalized spacial score (nSPS) is 10.9. The number of Topliss-reactive ketones (excluding diaryl/α,β-unsaturated/α-hetero) is 1. The molecule has 0 amide bonds. The molecule has 0 bridgehead atoms. The Hall–Kier alpha value is -1.31. The minimum absolute atomic E-state index is 0.00258. The smallest absolute Gasteiger partial charge is 0.169 e. The van der Waals surface area contributed by atoms with Gasteiger partial charge in [-0.3, -0.25) is 4.79 Å². The summed E-state index contributed by atoms with van der Waals surface area (Å²) in [5.74, 6) is 0.835. The monoisotopic (exact) mass is 220 g/mol. The molecule has 0 N–H and O–H groups in total. The number of benzene rings is 1. The van der Waals surface area contributed by atoms with Crippen LogP contribution in [0.25, 0.3) is 0 Å². The summed E-state index contributed by atoms with van der Waals surface area (Å²) in [7, 11) is 0. The molecule has 1 rings (SSSR count). The summed E-state index contributed by atoms with van der Waals surface area (Å²) < 4.78 is 5.68. The fourth-order valence-electron chi connectivity index (χ4n) is 1.50. The lowest BCUT2D eigenvalue weighted by atomic mass is 9.99. The minimum Gasteiger partial charge on any atom is -0.490 e. The molecule has 0 atom stereocenters. The van der Waals surface area contributed by atoms with E-state index >= 15 is 0 Å². The van der Waals surface area contributed by atoms with Crippen LogP contribution in [0, 0.1) is 12.8 Å². The number of carbonyl (C=O) groups is 1. The Morgan fingerprint density at radius 3 is 2.31 bits per heavy atom. The van der Waals surface area contributed by atoms with Gasteiger partial charge in [0.2, 0.25) is 0 Å². The van der Waals surface area contributed by atoms with E-state index in [4.69, 9.17) is 4.74 Å². The van der Waals surface area contributed by atoms with E-state index in [1.807, 2.05) is 52.8 Å². The first-order chi connectivity index (χ1) is 7.41. The molecule has 0 spiro atoms. The molecule has 0 aliphatic rings. The maximum Gasteiger partial charge on any atom is 0.169 e. The zero-order valence-corrected chi connectivity index (χ0v) is 10.7. The number of hydrogen-bond donors (Lipinski definition) is 0. The highest BCUT2D eigenvalue weighted by molar-refractivity contribution is 6.00. The third-order valence-electron chi connectivity index (χ3n) is 2.29. The van der Waals surface area contributed by atoms with Crippen molar-refractivity contribution in [3.8, 4) is 5.75 Å². The highest BCUT2D eigenvalue weighted by Crippen LogP contribution is 2.24. The molecular weight excluding hydrogens is 200 g/mol. The summed E-state index contributed by atoms with van der Waals surface area (Å²) in [5, 5.41) is 0. The lowest BCUT2D eigenvalue weighted by molar-refractivity contribution is 0.0933. The van der Waals surface area contributed by atoms with Crippen molar-refractivity contribution in [1.29, 1.82) is 0 Å². The maximum absolute atomic E-state index is 12.0. The number of hydrogen-bond acceptors (Lipinski definition) is 2. The Kier molecular flexibility index (Phi) is 4.11. The zero-order chi connectivity index (χ0) is 12.3. The largest absolute Gasteiger partial charge is 0.490 e. The fraction of sp³-hybridized carbons (Fsp3) is 0.500. The van der Waals surface area contributed by atoms with Gasteiger partial charge in [-0.1, -0.05) is 19.9 Å². The van der Waals surface area contributed by atoms with Crippen LogP contribution in [-0.4, -0.2) is 11.9 Å². The molecule has 0 aliphatic carbocycles. The molecule has 0 aliphatic heterocycles. The van der Waals surface area contributed by atoms with Gasteiger partial charge in [0.15, 0.2) is 5.78 Å². The average Bonchev–Trinajstić information content (AvgIpc) is 2.15. The van der Waals surface area contributed by atoms with E-state index < -0.39 is 0 Å². The van der Waals surface area contributed by atoms with E-state index in [0.29, 0.717) is 11.3 Å². The van der Waals surface area contributed by atoms with Crippen LogP contribution < -0.4 is 4.74 Å². The average molecular weight is 220 g/mol. The van der Waals surface area contributed by atoms with Crippen molar-refractivity contribution < 1.29 is 9.53 Å². The van der Waals surface area contributed by atoms with Crippen LogP contribution in [-0.2, 0) is 0 Å². The molecule has 1 aromatic rings. The van der Waals surface area contributed by atoms with Crippen LogP contribution >= 0.6 is 0 Å². The lowest BCUT2D eigenvalue weighted by Gasteiger charge is -2.15. The van der Waals surface area contributed by atoms with Gasteiger partial charge in [0.05, 0.1) is 11.7 Å². The third-order valence-corrected chi connectivity index (χ3v) is 2.29. The van der Waals surface area contributed by atoms with Gasteiger partial charge in [0.25, 0.3) is 0 Å². The van der Waals surface area contributed by atoms with Gasteiger partial charge < -0.3 is 4.74 Å². The van der Waals surface area contributed by atoms with E-state index in [0.717, 1.165) is 5.56 Å². The van der Waals surface area contributed by atoms with Crippen molar-refractivity contribution in [3.63, 3.8) is 0 Å². The Morgan fingerprint density at radius 2 is 1.81 bits per heavy atom. The summed E-state index contributed by atoms with van der Waals surface area (Å²) >= 11 is 0. The van der Waals surface area contributed by atoms with Crippen molar-refractivity contribution in [1.82, 2.24) is 0 Å². The molecule has 2 nitrogen and oxygen atoms in total. The standard InChI is InChI=1S/C14H20O2/c1-9(2)14(15)12-7-6-11(5)8-13(12)16-10(3)4/h6-10H,1-5H3. The van der Waals surface area contributed by atoms with Crippen LogP contribution in [0.5, 0.6) is 5.75 Å². The van der Waals surface area contributed by atoms with Crippen molar-refractivity contribution in [2.24, 2.45) is 5.92 Å². The van der Waals surface area contributed by atoms with Crippen LogP contribution in [0.3, 0.4) is 0 Å². The highest BCUT2D eigenvalue weighted by atomic mass is 16.5. The first-order valence-electron chi connectivity index (χ1n) is 5.73. The van der Waals surface area contributed by atoms with Gasteiger partial charge in [-0.15, -0.1) is 0 Å². The second kappa shape index (κ2) is 5.15. The molecule has 0 heterocycles. The Morgan fingerprint density at radius 1 is 1.19 bits per heavy atom. The summed E-state index contributed by atoms with van der Waals surface area (Å²) in [5.41, 5.74) is 1.80. The van der Waals surface area contributed by atoms with Gasteiger partial charge in [0.1, 0.15) is 5.75 Å². The van der Waals surface area contributed by atoms with Gasteiger partial charge in [-0.2, -0.15) is 0 Å². The summed E-state index contributed by atoms with van der Waals surface area (Å²) in [6, 6.07) is 5.73. The molecule has 0 radical (unpaired) electrons. The predicted molar refractivity (Wildman–Crippen MR) is 66.1 cm³/mol. The number of ether oxygens (including phenoxy) is 1. The number of ketones is 1.